The highest BCUT2D eigenvalue weighted by atomic mass is 32.1. The highest BCUT2D eigenvalue weighted by Crippen LogP contribution is 2.43. The Kier molecular flexibility index (Phi) is 6.16. The van der Waals surface area contributed by atoms with Crippen molar-refractivity contribution in [2.75, 3.05) is 0 Å². The van der Waals surface area contributed by atoms with Gasteiger partial charge in [0.2, 0.25) is 0 Å². The number of rotatable bonds is 4. The first kappa shape index (κ1) is 28.4. The van der Waals surface area contributed by atoms with Crippen LogP contribution in [-0.4, -0.2) is 9.13 Å². The van der Waals surface area contributed by atoms with Gasteiger partial charge in [0.15, 0.2) is 0 Å². The zero-order valence-corrected chi connectivity index (χ0v) is 28.4. The first-order chi connectivity index (χ1) is 25.3. The second-order valence-electron chi connectivity index (χ2n) is 13.3. The molecule has 0 amide bonds. The third kappa shape index (κ3) is 4.22. The van der Waals surface area contributed by atoms with E-state index in [1.165, 1.54) is 91.7 Å². The number of hydrogen-bond donors (Lipinski definition) is 0. The van der Waals surface area contributed by atoms with Crippen molar-refractivity contribution < 1.29 is 0 Å². The summed E-state index contributed by atoms with van der Waals surface area (Å²) >= 11 is 1.88. The van der Waals surface area contributed by atoms with Crippen molar-refractivity contribution in [3.63, 3.8) is 0 Å². The molecule has 11 rings (SSSR count). The van der Waals surface area contributed by atoms with Crippen LogP contribution in [0.2, 0.25) is 0 Å². The van der Waals surface area contributed by atoms with Crippen molar-refractivity contribution in [2.45, 2.75) is 0 Å². The van der Waals surface area contributed by atoms with Crippen molar-refractivity contribution in [1.29, 1.82) is 0 Å². The van der Waals surface area contributed by atoms with E-state index in [-0.39, 0.29) is 0 Å². The quantitative estimate of drug-likeness (QED) is 0.177. The molecule has 0 fully saturated rings. The lowest BCUT2D eigenvalue weighted by molar-refractivity contribution is 1.17. The molecule has 3 heterocycles. The van der Waals surface area contributed by atoms with Gasteiger partial charge in [0.1, 0.15) is 0 Å². The number of fused-ring (bicyclic) bond motifs is 9. The summed E-state index contributed by atoms with van der Waals surface area (Å²) in [6.45, 7) is 0. The largest absolute Gasteiger partial charge is 0.309 e. The maximum absolute atomic E-state index is 2.48. The average Bonchev–Trinajstić information content (AvgIpc) is 3.84. The number of benzene rings is 8. The number of thiophene rings is 1. The molecular weight excluding hydrogens is 637 g/mol. The molecule has 0 aliphatic rings. The van der Waals surface area contributed by atoms with Crippen molar-refractivity contribution >= 4 is 75.1 Å². The molecule has 0 aliphatic heterocycles. The second kappa shape index (κ2) is 11.0. The van der Waals surface area contributed by atoms with Gasteiger partial charge in [-0.25, -0.2) is 0 Å². The third-order valence-electron chi connectivity index (χ3n) is 10.5. The Hall–Kier alpha value is -6.42. The Labute approximate surface area is 298 Å². The predicted octanol–water partition coefficient (Wildman–Crippen LogP) is 13.6. The first-order valence-corrected chi connectivity index (χ1v) is 18.3. The monoisotopic (exact) mass is 666 g/mol. The molecule has 0 N–H and O–H groups in total. The van der Waals surface area contributed by atoms with E-state index in [9.17, 15) is 0 Å². The molecule has 8 aromatic carbocycles. The number of hydrogen-bond acceptors (Lipinski definition) is 1. The van der Waals surface area contributed by atoms with Gasteiger partial charge in [0.25, 0.3) is 0 Å². The van der Waals surface area contributed by atoms with E-state index < -0.39 is 0 Å². The van der Waals surface area contributed by atoms with E-state index in [0.717, 1.165) is 5.69 Å². The SMILES string of the molecule is c1ccc(-c2cccc(-c3cccc(-n4c5ccccc5c5cc6c(cc54)sc4ccccc46)c3)c2-n2c3ccccc3c3ccccc32)cc1. The van der Waals surface area contributed by atoms with Gasteiger partial charge in [-0.3, -0.25) is 0 Å². The van der Waals surface area contributed by atoms with Crippen LogP contribution >= 0.6 is 11.3 Å². The van der Waals surface area contributed by atoms with Crippen molar-refractivity contribution in [3.8, 4) is 33.6 Å². The molecule has 0 bridgehead atoms. The Bertz CT molecular complexity index is 3090. The van der Waals surface area contributed by atoms with E-state index in [0.29, 0.717) is 0 Å². The fraction of sp³-hybridized carbons (Fsp3) is 0. The van der Waals surface area contributed by atoms with Crippen LogP contribution in [0.5, 0.6) is 0 Å². The molecule has 51 heavy (non-hydrogen) atoms. The van der Waals surface area contributed by atoms with E-state index in [1.807, 2.05) is 11.3 Å². The summed E-state index contributed by atoms with van der Waals surface area (Å²) in [6, 6.07) is 66.7. The zero-order chi connectivity index (χ0) is 33.5. The number of para-hydroxylation sites is 4. The first-order valence-electron chi connectivity index (χ1n) is 17.4. The Morgan fingerprint density at radius 2 is 0.863 bits per heavy atom. The molecular formula is C48H30N2S. The van der Waals surface area contributed by atoms with Gasteiger partial charge in [-0.05, 0) is 59.7 Å². The van der Waals surface area contributed by atoms with Crippen LogP contribution in [-0.2, 0) is 0 Å². The van der Waals surface area contributed by atoms with Crippen LogP contribution < -0.4 is 0 Å². The highest BCUT2D eigenvalue weighted by Gasteiger charge is 2.21. The fourth-order valence-electron chi connectivity index (χ4n) is 8.31. The molecule has 238 valence electrons. The molecule has 0 spiro atoms. The Morgan fingerprint density at radius 3 is 1.59 bits per heavy atom. The molecule has 0 radical (unpaired) electrons. The van der Waals surface area contributed by atoms with E-state index in [1.54, 1.807) is 0 Å². The Morgan fingerprint density at radius 1 is 0.314 bits per heavy atom. The second-order valence-corrected chi connectivity index (χ2v) is 14.4. The molecule has 2 nitrogen and oxygen atoms in total. The van der Waals surface area contributed by atoms with Gasteiger partial charge >= 0.3 is 0 Å². The highest BCUT2D eigenvalue weighted by molar-refractivity contribution is 7.25. The maximum Gasteiger partial charge on any atom is 0.0618 e. The molecule has 0 saturated heterocycles. The summed E-state index contributed by atoms with van der Waals surface area (Å²) in [5, 5.41) is 7.72. The molecule has 3 aromatic heterocycles. The molecule has 3 heteroatoms. The standard InChI is InChI=1S/C48H30N2S/c1-2-14-31(15-3-1)34-22-13-23-35(48(34)50-43-25-9-4-18-36(43)37-19-5-10-26-44(37)50)32-16-12-17-33(28-32)49-42-24-8-6-20-38(42)40-29-41-39-21-7-11-27-46(39)51-47(41)30-45(40)49/h1-30H. The minimum Gasteiger partial charge on any atom is -0.309 e. The average molecular weight is 667 g/mol. The lowest BCUT2D eigenvalue weighted by Gasteiger charge is -2.20. The van der Waals surface area contributed by atoms with Crippen LogP contribution in [0.25, 0.3) is 97.4 Å². The van der Waals surface area contributed by atoms with Crippen LogP contribution in [0, 0.1) is 0 Å². The van der Waals surface area contributed by atoms with Crippen LogP contribution in [0.15, 0.2) is 182 Å². The zero-order valence-electron chi connectivity index (χ0n) is 27.6. The summed E-state index contributed by atoms with van der Waals surface area (Å²) in [6.07, 6.45) is 0. The lowest BCUT2D eigenvalue weighted by atomic mass is 9.95. The summed E-state index contributed by atoms with van der Waals surface area (Å²) in [4.78, 5) is 0. The minimum atomic E-state index is 1.15. The summed E-state index contributed by atoms with van der Waals surface area (Å²) < 4.78 is 7.58. The summed E-state index contributed by atoms with van der Waals surface area (Å²) in [7, 11) is 0. The summed E-state index contributed by atoms with van der Waals surface area (Å²) in [5.41, 5.74) is 12.0. The topological polar surface area (TPSA) is 9.86 Å². The van der Waals surface area contributed by atoms with Gasteiger partial charge in [-0.15, -0.1) is 11.3 Å². The third-order valence-corrected chi connectivity index (χ3v) is 11.6. The molecule has 11 aromatic rings. The number of aromatic nitrogens is 2. The van der Waals surface area contributed by atoms with Gasteiger partial charge in [-0.1, -0.05) is 133 Å². The molecule has 0 aliphatic carbocycles. The van der Waals surface area contributed by atoms with E-state index >= 15 is 0 Å². The van der Waals surface area contributed by atoms with Gasteiger partial charge in [0, 0.05) is 58.5 Å². The molecule has 0 saturated carbocycles. The normalized spacial score (nSPS) is 11.9. The van der Waals surface area contributed by atoms with Crippen LogP contribution in [0.3, 0.4) is 0 Å². The fourth-order valence-corrected chi connectivity index (χ4v) is 9.43. The molecule has 0 unspecified atom stereocenters. The number of nitrogens with zero attached hydrogens (tertiary/aromatic N) is 2. The van der Waals surface area contributed by atoms with Crippen molar-refractivity contribution in [2.24, 2.45) is 0 Å². The van der Waals surface area contributed by atoms with Crippen molar-refractivity contribution in [1.82, 2.24) is 9.13 Å². The predicted molar refractivity (Wildman–Crippen MR) is 219 cm³/mol. The minimum absolute atomic E-state index is 1.15. The smallest absolute Gasteiger partial charge is 0.0618 e. The van der Waals surface area contributed by atoms with Gasteiger partial charge < -0.3 is 9.13 Å². The van der Waals surface area contributed by atoms with Crippen molar-refractivity contribution in [3.05, 3.63) is 182 Å². The summed E-state index contributed by atoms with van der Waals surface area (Å²) in [5.74, 6) is 0. The Balaban J connectivity index is 1.20. The van der Waals surface area contributed by atoms with E-state index in [4.69, 9.17) is 0 Å². The molecule has 0 atom stereocenters. The maximum atomic E-state index is 2.48. The van der Waals surface area contributed by atoms with Crippen LogP contribution in [0.1, 0.15) is 0 Å². The lowest BCUT2D eigenvalue weighted by Crippen LogP contribution is -2.01. The van der Waals surface area contributed by atoms with Gasteiger partial charge in [-0.2, -0.15) is 0 Å². The van der Waals surface area contributed by atoms with Gasteiger partial charge in [0.05, 0.1) is 27.8 Å². The van der Waals surface area contributed by atoms with E-state index in [2.05, 4.69) is 191 Å². The van der Waals surface area contributed by atoms with Crippen LogP contribution in [0.4, 0.5) is 0 Å².